The molecule has 4 rings (SSSR count). The van der Waals surface area contributed by atoms with Gasteiger partial charge in [0.1, 0.15) is 11.3 Å². The van der Waals surface area contributed by atoms with E-state index >= 15 is 0 Å². The molecule has 1 heterocycles. The third-order valence-electron chi connectivity index (χ3n) is 5.89. The SMILES string of the molecule is CCOc1cc2occ(-c3ccc(C)cc3)c2cc1/C(C)=C/C(=O)NCCCc1ccccc1. The Morgan fingerprint density at radius 2 is 1.82 bits per heavy atom. The highest BCUT2D eigenvalue weighted by Crippen LogP contribution is 2.37. The number of carbonyl (C=O) groups is 1. The molecule has 0 aliphatic rings. The van der Waals surface area contributed by atoms with Crippen molar-refractivity contribution in [3.63, 3.8) is 0 Å². The summed E-state index contributed by atoms with van der Waals surface area (Å²) in [6, 6.07) is 22.7. The van der Waals surface area contributed by atoms with Gasteiger partial charge < -0.3 is 14.5 Å². The molecule has 4 nitrogen and oxygen atoms in total. The van der Waals surface area contributed by atoms with E-state index in [4.69, 9.17) is 9.15 Å². The van der Waals surface area contributed by atoms with Crippen LogP contribution < -0.4 is 10.1 Å². The number of furan rings is 1. The van der Waals surface area contributed by atoms with E-state index in [0.29, 0.717) is 18.9 Å². The van der Waals surface area contributed by atoms with Gasteiger partial charge in [-0.1, -0.05) is 60.2 Å². The topological polar surface area (TPSA) is 51.5 Å². The molecule has 1 amide bonds. The zero-order valence-corrected chi connectivity index (χ0v) is 20.1. The Kier molecular flexibility index (Phi) is 7.48. The smallest absolute Gasteiger partial charge is 0.244 e. The third kappa shape index (κ3) is 5.57. The summed E-state index contributed by atoms with van der Waals surface area (Å²) in [5.74, 6) is 0.615. The van der Waals surface area contributed by atoms with Crippen molar-refractivity contribution in [2.24, 2.45) is 0 Å². The van der Waals surface area contributed by atoms with Gasteiger partial charge in [0.15, 0.2) is 0 Å². The van der Waals surface area contributed by atoms with Crippen molar-refractivity contribution in [1.82, 2.24) is 5.32 Å². The molecule has 0 spiro atoms. The lowest BCUT2D eigenvalue weighted by Crippen LogP contribution is -2.22. The van der Waals surface area contributed by atoms with Crippen LogP contribution in [0, 0.1) is 6.92 Å². The first-order valence-corrected chi connectivity index (χ1v) is 11.8. The summed E-state index contributed by atoms with van der Waals surface area (Å²) in [5.41, 5.74) is 7.12. The fourth-order valence-corrected chi connectivity index (χ4v) is 4.07. The number of carbonyl (C=O) groups excluding carboxylic acids is 1. The Balaban J connectivity index is 1.53. The van der Waals surface area contributed by atoms with E-state index in [0.717, 1.165) is 46.1 Å². The number of ether oxygens (including phenoxy) is 1. The van der Waals surface area contributed by atoms with Gasteiger partial charge in [0.05, 0.1) is 12.9 Å². The maximum absolute atomic E-state index is 12.6. The van der Waals surface area contributed by atoms with E-state index in [2.05, 4.69) is 54.7 Å². The van der Waals surface area contributed by atoms with Crippen LogP contribution in [0.2, 0.25) is 0 Å². The number of aryl methyl sites for hydroxylation is 2. The molecule has 3 aromatic carbocycles. The summed E-state index contributed by atoms with van der Waals surface area (Å²) in [7, 11) is 0. The molecule has 34 heavy (non-hydrogen) atoms. The lowest BCUT2D eigenvalue weighted by molar-refractivity contribution is -0.116. The highest BCUT2D eigenvalue weighted by Gasteiger charge is 2.15. The number of hydrogen-bond donors (Lipinski definition) is 1. The molecule has 0 saturated heterocycles. The lowest BCUT2D eigenvalue weighted by atomic mass is 9.98. The fourth-order valence-electron chi connectivity index (χ4n) is 4.07. The molecule has 1 aromatic heterocycles. The number of allylic oxidation sites excluding steroid dienone is 1. The van der Waals surface area contributed by atoms with Crippen LogP contribution in [0.5, 0.6) is 5.75 Å². The molecule has 0 unspecified atom stereocenters. The number of hydrogen-bond acceptors (Lipinski definition) is 3. The number of nitrogens with one attached hydrogen (secondary N) is 1. The lowest BCUT2D eigenvalue weighted by Gasteiger charge is -2.12. The van der Waals surface area contributed by atoms with Crippen molar-refractivity contribution >= 4 is 22.4 Å². The van der Waals surface area contributed by atoms with E-state index in [1.54, 1.807) is 12.3 Å². The van der Waals surface area contributed by atoms with Crippen LogP contribution in [0.4, 0.5) is 0 Å². The van der Waals surface area contributed by atoms with Crippen LogP contribution in [0.15, 0.2) is 83.5 Å². The minimum atomic E-state index is -0.0981. The number of amides is 1. The second-order valence-corrected chi connectivity index (χ2v) is 8.50. The predicted octanol–water partition coefficient (Wildman–Crippen LogP) is 6.96. The first-order valence-electron chi connectivity index (χ1n) is 11.8. The Morgan fingerprint density at radius 1 is 1.06 bits per heavy atom. The summed E-state index contributed by atoms with van der Waals surface area (Å²) < 4.78 is 11.8. The van der Waals surface area contributed by atoms with E-state index in [1.165, 1.54) is 11.1 Å². The van der Waals surface area contributed by atoms with Crippen molar-refractivity contribution in [3.8, 4) is 16.9 Å². The van der Waals surface area contributed by atoms with E-state index in [-0.39, 0.29) is 5.91 Å². The van der Waals surface area contributed by atoms with Gasteiger partial charge in [0, 0.05) is 35.2 Å². The molecule has 0 aliphatic carbocycles. The maximum Gasteiger partial charge on any atom is 0.244 e. The van der Waals surface area contributed by atoms with Gasteiger partial charge in [-0.3, -0.25) is 4.79 Å². The van der Waals surface area contributed by atoms with Crippen LogP contribution >= 0.6 is 0 Å². The monoisotopic (exact) mass is 453 g/mol. The number of rotatable bonds is 9. The number of fused-ring (bicyclic) bond motifs is 1. The van der Waals surface area contributed by atoms with Crippen molar-refractivity contribution in [1.29, 1.82) is 0 Å². The van der Waals surface area contributed by atoms with Crippen molar-refractivity contribution in [2.45, 2.75) is 33.6 Å². The first-order chi connectivity index (χ1) is 16.5. The van der Waals surface area contributed by atoms with Gasteiger partial charge >= 0.3 is 0 Å². The fraction of sp³-hybridized carbons (Fsp3) is 0.233. The Morgan fingerprint density at radius 3 is 2.56 bits per heavy atom. The standard InChI is InChI=1S/C30H31NO3/c1-4-33-28-19-29-26(27(20-34-29)24-14-12-21(2)13-15-24)18-25(28)22(3)17-30(32)31-16-8-11-23-9-6-5-7-10-23/h5-7,9-10,12-15,17-20H,4,8,11,16H2,1-3H3,(H,31,32)/b22-17+. The molecular formula is C30H31NO3. The highest BCUT2D eigenvalue weighted by atomic mass is 16.5. The van der Waals surface area contributed by atoms with Gasteiger partial charge in [0.2, 0.25) is 5.91 Å². The molecule has 1 N–H and O–H groups in total. The summed E-state index contributed by atoms with van der Waals surface area (Å²) in [4.78, 5) is 12.6. The quantitative estimate of drug-likeness (QED) is 0.220. The van der Waals surface area contributed by atoms with Crippen LogP contribution in [-0.2, 0) is 11.2 Å². The van der Waals surface area contributed by atoms with Crippen LogP contribution in [0.3, 0.4) is 0 Å². The molecule has 0 radical (unpaired) electrons. The van der Waals surface area contributed by atoms with Gasteiger partial charge in [-0.2, -0.15) is 0 Å². The second-order valence-electron chi connectivity index (χ2n) is 8.50. The van der Waals surface area contributed by atoms with Crippen LogP contribution in [0.1, 0.15) is 37.0 Å². The van der Waals surface area contributed by atoms with Crippen molar-refractivity contribution in [3.05, 3.63) is 95.8 Å². The summed E-state index contributed by atoms with van der Waals surface area (Å²) in [5, 5.41) is 4.00. The molecule has 4 heteroatoms. The molecule has 4 aromatic rings. The Labute approximate surface area is 201 Å². The zero-order chi connectivity index (χ0) is 23.9. The summed E-state index contributed by atoms with van der Waals surface area (Å²) in [6.07, 6.45) is 5.27. The average molecular weight is 454 g/mol. The molecule has 0 fully saturated rings. The molecule has 0 bridgehead atoms. The van der Waals surface area contributed by atoms with E-state index < -0.39 is 0 Å². The highest BCUT2D eigenvalue weighted by molar-refractivity contribution is 6.00. The van der Waals surface area contributed by atoms with Crippen LogP contribution in [-0.4, -0.2) is 19.1 Å². The summed E-state index contributed by atoms with van der Waals surface area (Å²) in [6.45, 7) is 7.13. The number of benzene rings is 3. The van der Waals surface area contributed by atoms with E-state index in [1.807, 2.05) is 38.1 Å². The molecule has 174 valence electrons. The van der Waals surface area contributed by atoms with Gasteiger partial charge in [-0.15, -0.1) is 0 Å². The molecular weight excluding hydrogens is 422 g/mol. The first kappa shape index (κ1) is 23.4. The van der Waals surface area contributed by atoms with Crippen molar-refractivity contribution in [2.75, 3.05) is 13.2 Å². The van der Waals surface area contributed by atoms with Crippen molar-refractivity contribution < 1.29 is 13.9 Å². The minimum Gasteiger partial charge on any atom is -0.493 e. The zero-order valence-electron chi connectivity index (χ0n) is 20.1. The van der Waals surface area contributed by atoms with Gasteiger partial charge in [-0.05, 0) is 56.4 Å². The Hall–Kier alpha value is -3.79. The Bertz CT molecular complexity index is 1280. The summed E-state index contributed by atoms with van der Waals surface area (Å²) >= 11 is 0. The minimum absolute atomic E-state index is 0.0981. The molecule has 0 aliphatic heterocycles. The molecule has 0 saturated carbocycles. The van der Waals surface area contributed by atoms with Gasteiger partial charge in [0.25, 0.3) is 0 Å². The van der Waals surface area contributed by atoms with Gasteiger partial charge in [-0.25, -0.2) is 0 Å². The van der Waals surface area contributed by atoms with Crippen LogP contribution in [0.25, 0.3) is 27.7 Å². The average Bonchev–Trinajstić information content (AvgIpc) is 3.25. The normalized spacial score (nSPS) is 11.6. The predicted molar refractivity (Wildman–Crippen MR) is 139 cm³/mol. The van der Waals surface area contributed by atoms with E-state index in [9.17, 15) is 4.79 Å². The third-order valence-corrected chi connectivity index (χ3v) is 5.89. The molecule has 0 atom stereocenters. The largest absolute Gasteiger partial charge is 0.493 e. The maximum atomic E-state index is 12.6. The second kappa shape index (κ2) is 10.9.